The third-order valence-corrected chi connectivity index (χ3v) is 6.92. The van der Waals surface area contributed by atoms with Gasteiger partial charge in [-0.15, -0.1) is 0 Å². The zero-order valence-corrected chi connectivity index (χ0v) is 18.8. The van der Waals surface area contributed by atoms with Crippen molar-refractivity contribution in [2.45, 2.75) is 17.9 Å². The van der Waals surface area contributed by atoms with Gasteiger partial charge in [0.05, 0.1) is 17.0 Å². The summed E-state index contributed by atoms with van der Waals surface area (Å²) in [5.74, 6) is -0.454. The van der Waals surface area contributed by atoms with Crippen LogP contribution >= 0.6 is 0 Å². The van der Waals surface area contributed by atoms with Gasteiger partial charge in [0.1, 0.15) is 5.82 Å². The molecule has 1 N–H and O–H groups in total. The van der Waals surface area contributed by atoms with E-state index in [-0.39, 0.29) is 17.2 Å². The van der Waals surface area contributed by atoms with Crippen molar-refractivity contribution < 1.29 is 17.6 Å². The third kappa shape index (κ3) is 6.15. The molecule has 1 aliphatic heterocycles. The van der Waals surface area contributed by atoms with Crippen molar-refractivity contribution in [2.75, 3.05) is 30.9 Å². The maximum Gasteiger partial charge on any atom is 0.261 e. The second-order valence-electron chi connectivity index (χ2n) is 7.91. The van der Waals surface area contributed by atoms with Gasteiger partial charge in [0.15, 0.2) is 0 Å². The lowest BCUT2D eigenvalue weighted by atomic mass is 10.1. The number of carbonyl (C=O) groups excluding carboxylic acids is 1. The molecule has 1 aliphatic rings. The molecule has 1 saturated heterocycles. The molecule has 0 unspecified atom stereocenters. The summed E-state index contributed by atoms with van der Waals surface area (Å²) < 4.78 is 40.4. The fourth-order valence-electron chi connectivity index (χ4n) is 3.68. The molecule has 0 bridgehead atoms. The van der Waals surface area contributed by atoms with Gasteiger partial charge in [0.25, 0.3) is 10.0 Å². The first-order valence-corrected chi connectivity index (χ1v) is 12.1. The second-order valence-corrected chi connectivity index (χ2v) is 9.59. The van der Waals surface area contributed by atoms with Gasteiger partial charge in [-0.3, -0.25) is 19.4 Å². The minimum absolute atomic E-state index is 0.0228. The second kappa shape index (κ2) is 10.1. The largest absolute Gasteiger partial charge is 0.340 e. The van der Waals surface area contributed by atoms with E-state index in [9.17, 15) is 17.6 Å². The minimum Gasteiger partial charge on any atom is -0.340 e. The number of piperazine rings is 1. The maximum atomic E-state index is 13.0. The highest BCUT2D eigenvalue weighted by molar-refractivity contribution is 7.92. The number of amides is 1. The monoisotopic (exact) mass is 468 g/mol. The Labute approximate surface area is 192 Å². The summed E-state index contributed by atoms with van der Waals surface area (Å²) in [6, 6.07) is 17.2. The quantitative estimate of drug-likeness (QED) is 0.577. The van der Waals surface area contributed by atoms with Gasteiger partial charge in [0.2, 0.25) is 5.91 Å². The van der Waals surface area contributed by atoms with Crippen LogP contribution in [-0.4, -0.2) is 55.3 Å². The number of anilines is 1. The normalized spacial score (nSPS) is 14.8. The standard InChI is InChI=1S/C24H25FN4O3S/c25-20-6-10-23(11-7-20)33(31,32)27-21-8-4-19(5-9-21)17-24(30)29-15-13-28(14-16-29)18-22-3-1-2-12-26-22/h1-12,27H,13-18H2. The first-order valence-electron chi connectivity index (χ1n) is 10.7. The van der Waals surface area contributed by atoms with E-state index in [0.717, 1.165) is 43.0 Å². The van der Waals surface area contributed by atoms with Crippen LogP contribution in [-0.2, 0) is 27.8 Å². The number of nitrogens with zero attached hydrogens (tertiary/aromatic N) is 3. The van der Waals surface area contributed by atoms with E-state index < -0.39 is 15.8 Å². The number of sulfonamides is 1. The van der Waals surface area contributed by atoms with E-state index in [2.05, 4.69) is 14.6 Å². The lowest BCUT2D eigenvalue weighted by Crippen LogP contribution is -2.48. The number of aromatic nitrogens is 1. The molecule has 1 fully saturated rings. The van der Waals surface area contributed by atoms with Crippen molar-refractivity contribution in [3.63, 3.8) is 0 Å². The average molecular weight is 469 g/mol. The van der Waals surface area contributed by atoms with E-state index in [1.807, 2.05) is 23.1 Å². The van der Waals surface area contributed by atoms with Crippen LogP contribution in [0.15, 0.2) is 77.8 Å². The molecule has 0 atom stereocenters. The topological polar surface area (TPSA) is 82.6 Å². The summed E-state index contributed by atoms with van der Waals surface area (Å²) >= 11 is 0. The van der Waals surface area contributed by atoms with Gasteiger partial charge in [0, 0.05) is 44.6 Å². The molecule has 0 saturated carbocycles. The Hall–Kier alpha value is -3.30. The lowest BCUT2D eigenvalue weighted by Gasteiger charge is -2.34. The molecular formula is C24H25FN4O3S. The zero-order valence-electron chi connectivity index (χ0n) is 18.0. The molecule has 1 aromatic heterocycles. The highest BCUT2D eigenvalue weighted by Gasteiger charge is 2.21. The summed E-state index contributed by atoms with van der Waals surface area (Å²) in [5.41, 5.74) is 2.20. The van der Waals surface area contributed by atoms with Crippen LogP contribution in [0.2, 0.25) is 0 Å². The van der Waals surface area contributed by atoms with Gasteiger partial charge < -0.3 is 4.90 Å². The number of benzene rings is 2. The summed E-state index contributed by atoms with van der Waals surface area (Å²) in [6.07, 6.45) is 2.04. The Balaban J connectivity index is 1.28. The van der Waals surface area contributed by atoms with Crippen molar-refractivity contribution in [3.8, 4) is 0 Å². The highest BCUT2D eigenvalue weighted by Crippen LogP contribution is 2.18. The first-order chi connectivity index (χ1) is 15.9. The number of hydrogen-bond acceptors (Lipinski definition) is 5. The van der Waals surface area contributed by atoms with Crippen LogP contribution in [0.25, 0.3) is 0 Å². The van der Waals surface area contributed by atoms with Crippen LogP contribution in [0.4, 0.5) is 10.1 Å². The van der Waals surface area contributed by atoms with Gasteiger partial charge in [-0.25, -0.2) is 12.8 Å². The van der Waals surface area contributed by atoms with Crippen LogP contribution in [0.5, 0.6) is 0 Å². The molecule has 9 heteroatoms. The number of hydrogen-bond donors (Lipinski definition) is 1. The number of nitrogens with one attached hydrogen (secondary N) is 1. The Bertz CT molecular complexity index is 1180. The third-order valence-electron chi connectivity index (χ3n) is 5.52. The van der Waals surface area contributed by atoms with E-state index in [1.54, 1.807) is 30.5 Å². The van der Waals surface area contributed by atoms with Crippen molar-refractivity contribution in [1.29, 1.82) is 0 Å². The summed E-state index contributed by atoms with van der Waals surface area (Å²) in [7, 11) is -3.81. The molecule has 0 radical (unpaired) electrons. The Morgan fingerprint density at radius 1 is 0.939 bits per heavy atom. The molecule has 4 rings (SSSR count). The minimum atomic E-state index is -3.81. The van der Waals surface area contributed by atoms with Crippen LogP contribution in [0.1, 0.15) is 11.3 Å². The Kier molecular flexibility index (Phi) is 7.00. The van der Waals surface area contributed by atoms with Gasteiger partial charge >= 0.3 is 0 Å². The molecule has 172 valence electrons. The van der Waals surface area contributed by atoms with Crippen molar-refractivity contribution in [1.82, 2.24) is 14.8 Å². The van der Waals surface area contributed by atoms with Crippen molar-refractivity contribution in [3.05, 3.63) is 90.0 Å². The zero-order chi connectivity index (χ0) is 23.3. The molecule has 1 amide bonds. The van der Waals surface area contributed by atoms with E-state index in [1.165, 1.54) is 12.1 Å². The first kappa shape index (κ1) is 22.9. The van der Waals surface area contributed by atoms with Crippen molar-refractivity contribution in [2.24, 2.45) is 0 Å². The maximum absolute atomic E-state index is 13.0. The predicted molar refractivity (Wildman–Crippen MR) is 123 cm³/mol. The van der Waals surface area contributed by atoms with E-state index in [4.69, 9.17) is 0 Å². The fourth-order valence-corrected chi connectivity index (χ4v) is 4.74. The molecule has 2 aromatic carbocycles. The molecule has 0 spiro atoms. The molecular weight excluding hydrogens is 443 g/mol. The Morgan fingerprint density at radius 3 is 2.27 bits per heavy atom. The van der Waals surface area contributed by atoms with Gasteiger partial charge in [-0.05, 0) is 54.1 Å². The smallest absolute Gasteiger partial charge is 0.261 e. The molecule has 0 aliphatic carbocycles. The van der Waals surface area contributed by atoms with Crippen LogP contribution < -0.4 is 4.72 Å². The molecule has 7 nitrogen and oxygen atoms in total. The molecule has 2 heterocycles. The number of halogens is 1. The lowest BCUT2D eigenvalue weighted by molar-refractivity contribution is -0.132. The van der Waals surface area contributed by atoms with Gasteiger partial charge in [-0.1, -0.05) is 18.2 Å². The summed E-state index contributed by atoms with van der Waals surface area (Å²) in [4.78, 5) is 21.2. The fraction of sp³-hybridized carbons (Fsp3) is 0.250. The summed E-state index contributed by atoms with van der Waals surface area (Å²) in [6.45, 7) is 3.71. The number of rotatable bonds is 7. The number of pyridine rings is 1. The van der Waals surface area contributed by atoms with Crippen LogP contribution in [0.3, 0.4) is 0 Å². The SMILES string of the molecule is O=C(Cc1ccc(NS(=O)(=O)c2ccc(F)cc2)cc1)N1CCN(Cc2ccccn2)CC1. The van der Waals surface area contributed by atoms with E-state index in [0.29, 0.717) is 18.8 Å². The van der Waals surface area contributed by atoms with Crippen LogP contribution in [0, 0.1) is 5.82 Å². The number of carbonyl (C=O) groups is 1. The van der Waals surface area contributed by atoms with Crippen molar-refractivity contribution >= 4 is 21.6 Å². The predicted octanol–water partition coefficient (Wildman–Crippen LogP) is 2.91. The molecule has 3 aromatic rings. The highest BCUT2D eigenvalue weighted by atomic mass is 32.2. The average Bonchev–Trinajstić information content (AvgIpc) is 2.81. The molecule has 33 heavy (non-hydrogen) atoms. The van der Waals surface area contributed by atoms with E-state index >= 15 is 0 Å². The Morgan fingerprint density at radius 2 is 1.64 bits per heavy atom. The summed E-state index contributed by atoms with van der Waals surface area (Å²) in [5, 5.41) is 0. The van der Waals surface area contributed by atoms with Gasteiger partial charge in [-0.2, -0.15) is 0 Å².